The Hall–Kier alpha value is -2.28. The molecule has 2 rings (SSSR count). The molecule has 0 spiro atoms. The lowest BCUT2D eigenvalue weighted by molar-refractivity contribution is -0.384. The molecule has 0 amide bonds. The van der Waals surface area contributed by atoms with Crippen molar-refractivity contribution in [3.8, 4) is 0 Å². The van der Waals surface area contributed by atoms with E-state index in [0.717, 1.165) is 0 Å². The number of ether oxygens (including phenoxy) is 1. The third-order valence-corrected chi connectivity index (χ3v) is 2.79. The van der Waals surface area contributed by atoms with Crippen LogP contribution in [-0.4, -0.2) is 34.1 Å². The van der Waals surface area contributed by atoms with Crippen LogP contribution in [0.3, 0.4) is 0 Å². The summed E-state index contributed by atoms with van der Waals surface area (Å²) in [6, 6.07) is 4.52. The maximum atomic E-state index is 10.9. The summed E-state index contributed by atoms with van der Waals surface area (Å²) < 4.78 is 5.14. The number of nitro benzene ring substituents is 1. The quantitative estimate of drug-likeness (QED) is 0.666. The first-order chi connectivity index (χ1) is 9.43. The van der Waals surface area contributed by atoms with Crippen molar-refractivity contribution in [2.45, 2.75) is 19.4 Å². The van der Waals surface area contributed by atoms with Crippen LogP contribution in [0.15, 0.2) is 24.5 Å². The molecule has 0 radical (unpaired) electrons. The van der Waals surface area contributed by atoms with Crippen LogP contribution in [0, 0.1) is 10.1 Å². The molecule has 0 fully saturated rings. The minimum atomic E-state index is -0.434. The van der Waals surface area contributed by atoms with Crippen molar-refractivity contribution < 1.29 is 9.66 Å². The molecule has 0 aliphatic heterocycles. The molecule has 0 aliphatic rings. The third-order valence-electron chi connectivity index (χ3n) is 2.79. The Kier molecular flexibility index (Phi) is 3.80. The van der Waals surface area contributed by atoms with E-state index in [9.17, 15) is 10.1 Å². The van der Waals surface area contributed by atoms with Crippen molar-refractivity contribution in [1.29, 1.82) is 0 Å². The lowest BCUT2D eigenvalue weighted by atomic mass is 10.1. The fourth-order valence-corrected chi connectivity index (χ4v) is 1.98. The highest BCUT2D eigenvalue weighted by atomic mass is 16.6. The molecule has 2 aromatic rings. The molecule has 0 unspecified atom stereocenters. The van der Waals surface area contributed by atoms with Gasteiger partial charge in [0.25, 0.3) is 5.69 Å². The predicted molar refractivity (Wildman–Crippen MR) is 75.8 cm³/mol. The Morgan fingerprint density at radius 1 is 1.40 bits per heavy atom. The van der Waals surface area contributed by atoms with Crippen molar-refractivity contribution in [2.24, 2.45) is 0 Å². The van der Waals surface area contributed by atoms with Gasteiger partial charge in [0.05, 0.1) is 22.6 Å². The number of hydrogen-bond donors (Lipinski definition) is 1. The molecule has 1 aromatic heterocycles. The number of anilines is 1. The fraction of sp³-hybridized carbons (Fsp3) is 0.385. The molecule has 1 heterocycles. The first-order valence-electron chi connectivity index (χ1n) is 6.09. The van der Waals surface area contributed by atoms with Gasteiger partial charge in [0.2, 0.25) is 0 Å². The number of rotatable bonds is 5. The lowest BCUT2D eigenvalue weighted by Crippen LogP contribution is -2.36. The summed E-state index contributed by atoms with van der Waals surface area (Å²) in [6.07, 6.45) is 1.43. The SMILES string of the molecule is COCC(C)(C)Nc1ncnc2ccc([N+](=O)[O-])cc12. The van der Waals surface area contributed by atoms with Crippen LogP contribution in [0.5, 0.6) is 0 Å². The van der Waals surface area contributed by atoms with E-state index in [2.05, 4.69) is 15.3 Å². The van der Waals surface area contributed by atoms with E-state index >= 15 is 0 Å². The number of benzene rings is 1. The highest BCUT2D eigenvalue weighted by molar-refractivity contribution is 5.90. The summed E-state index contributed by atoms with van der Waals surface area (Å²) in [4.78, 5) is 18.7. The Morgan fingerprint density at radius 2 is 2.15 bits per heavy atom. The maximum absolute atomic E-state index is 10.9. The van der Waals surface area contributed by atoms with Gasteiger partial charge in [-0.25, -0.2) is 9.97 Å². The predicted octanol–water partition coefficient (Wildman–Crippen LogP) is 2.37. The molecule has 7 nitrogen and oxygen atoms in total. The fourth-order valence-electron chi connectivity index (χ4n) is 1.98. The third kappa shape index (κ3) is 3.00. The molecule has 0 aliphatic carbocycles. The second-order valence-corrected chi connectivity index (χ2v) is 5.12. The van der Waals surface area contributed by atoms with E-state index in [-0.39, 0.29) is 11.2 Å². The topological polar surface area (TPSA) is 90.2 Å². The van der Waals surface area contributed by atoms with Crippen LogP contribution in [0.25, 0.3) is 10.9 Å². The van der Waals surface area contributed by atoms with Gasteiger partial charge in [-0.1, -0.05) is 0 Å². The standard InChI is InChI=1S/C13H16N4O3/c1-13(2,7-20-3)16-12-10-6-9(17(18)19)4-5-11(10)14-8-15-12/h4-6,8H,7H2,1-3H3,(H,14,15,16). The first kappa shape index (κ1) is 14.1. The molecule has 1 N–H and O–H groups in total. The monoisotopic (exact) mass is 276 g/mol. The van der Waals surface area contributed by atoms with Crippen LogP contribution in [-0.2, 0) is 4.74 Å². The average molecular weight is 276 g/mol. The van der Waals surface area contributed by atoms with Crippen LogP contribution in [0.1, 0.15) is 13.8 Å². The van der Waals surface area contributed by atoms with E-state index in [1.54, 1.807) is 13.2 Å². The zero-order valence-electron chi connectivity index (χ0n) is 11.6. The van der Waals surface area contributed by atoms with Crippen LogP contribution in [0.4, 0.5) is 11.5 Å². The molecule has 7 heteroatoms. The summed E-state index contributed by atoms with van der Waals surface area (Å²) in [7, 11) is 1.62. The van der Waals surface area contributed by atoms with E-state index in [0.29, 0.717) is 23.3 Å². The minimum Gasteiger partial charge on any atom is -0.382 e. The normalized spacial score (nSPS) is 11.6. The first-order valence-corrected chi connectivity index (χ1v) is 6.09. The smallest absolute Gasteiger partial charge is 0.270 e. The number of fused-ring (bicyclic) bond motifs is 1. The molecular weight excluding hydrogens is 260 g/mol. The number of nitro groups is 1. The lowest BCUT2D eigenvalue weighted by Gasteiger charge is -2.26. The second kappa shape index (κ2) is 5.38. The van der Waals surface area contributed by atoms with E-state index in [1.165, 1.54) is 18.5 Å². The molecule has 0 bridgehead atoms. The van der Waals surface area contributed by atoms with Crippen molar-refractivity contribution in [2.75, 3.05) is 19.0 Å². The number of nitrogens with one attached hydrogen (secondary N) is 1. The van der Waals surface area contributed by atoms with Crippen LogP contribution < -0.4 is 5.32 Å². The van der Waals surface area contributed by atoms with Crippen molar-refractivity contribution in [3.63, 3.8) is 0 Å². The Balaban J connectivity index is 2.47. The number of methoxy groups -OCH3 is 1. The van der Waals surface area contributed by atoms with Crippen molar-refractivity contribution in [3.05, 3.63) is 34.6 Å². The highest BCUT2D eigenvalue weighted by Gasteiger charge is 2.20. The Morgan fingerprint density at radius 3 is 2.80 bits per heavy atom. The largest absolute Gasteiger partial charge is 0.382 e. The zero-order chi connectivity index (χ0) is 14.8. The molecular formula is C13H16N4O3. The molecule has 0 saturated carbocycles. The number of hydrogen-bond acceptors (Lipinski definition) is 6. The average Bonchev–Trinajstić information content (AvgIpc) is 2.38. The molecule has 106 valence electrons. The van der Waals surface area contributed by atoms with Gasteiger partial charge < -0.3 is 10.1 Å². The van der Waals surface area contributed by atoms with Gasteiger partial charge in [0.1, 0.15) is 12.1 Å². The van der Waals surface area contributed by atoms with Gasteiger partial charge in [0, 0.05) is 24.6 Å². The Labute approximate surface area is 116 Å². The van der Waals surface area contributed by atoms with Crippen molar-refractivity contribution in [1.82, 2.24) is 9.97 Å². The summed E-state index contributed by atoms with van der Waals surface area (Å²) in [5.41, 5.74) is 0.321. The summed E-state index contributed by atoms with van der Waals surface area (Å²) >= 11 is 0. The van der Waals surface area contributed by atoms with Gasteiger partial charge in [-0.2, -0.15) is 0 Å². The van der Waals surface area contributed by atoms with E-state index in [4.69, 9.17) is 4.74 Å². The van der Waals surface area contributed by atoms with E-state index < -0.39 is 4.92 Å². The number of nitrogens with zero attached hydrogens (tertiary/aromatic N) is 3. The summed E-state index contributed by atoms with van der Waals surface area (Å²) in [5, 5.41) is 14.7. The van der Waals surface area contributed by atoms with Gasteiger partial charge in [-0.3, -0.25) is 10.1 Å². The molecule has 20 heavy (non-hydrogen) atoms. The minimum absolute atomic E-state index is 0.0138. The van der Waals surface area contributed by atoms with Gasteiger partial charge in [-0.05, 0) is 19.9 Å². The van der Waals surface area contributed by atoms with Gasteiger partial charge >= 0.3 is 0 Å². The number of aromatic nitrogens is 2. The summed E-state index contributed by atoms with van der Waals surface area (Å²) in [5.74, 6) is 0.556. The highest BCUT2D eigenvalue weighted by Crippen LogP contribution is 2.26. The molecule has 0 atom stereocenters. The van der Waals surface area contributed by atoms with Crippen LogP contribution >= 0.6 is 0 Å². The maximum Gasteiger partial charge on any atom is 0.270 e. The van der Waals surface area contributed by atoms with Crippen molar-refractivity contribution >= 4 is 22.4 Å². The molecule has 1 aromatic carbocycles. The molecule has 0 saturated heterocycles. The number of non-ortho nitro benzene ring substituents is 1. The Bertz CT molecular complexity index is 643. The van der Waals surface area contributed by atoms with Gasteiger partial charge in [-0.15, -0.1) is 0 Å². The zero-order valence-corrected chi connectivity index (χ0v) is 11.6. The second-order valence-electron chi connectivity index (χ2n) is 5.12. The van der Waals surface area contributed by atoms with Crippen LogP contribution in [0.2, 0.25) is 0 Å². The summed E-state index contributed by atoms with van der Waals surface area (Å²) in [6.45, 7) is 4.40. The van der Waals surface area contributed by atoms with Gasteiger partial charge in [0.15, 0.2) is 0 Å². The van der Waals surface area contributed by atoms with E-state index in [1.807, 2.05) is 13.8 Å².